The topological polar surface area (TPSA) is 12.0 Å². The Kier molecular flexibility index (Phi) is 4.88. The summed E-state index contributed by atoms with van der Waals surface area (Å²) in [7, 11) is 0. The molecule has 0 saturated heterocycles. The highest BCUT2D eigenvalue weighted by molar-refractivity contribution is 9.10. The lowest BCUT2D eigenvalue weighted by molar-refractivity contribution is 0.434. The van der Waals surface area contributed by atoms with Gasteiger partial charge in [0.15, 0.2) is 17.5 Å². The highest BCUT2D eigenvalue weighted by atomic mass is 79.9. The predicted molar refractivity (Wildman–Crippen MR) is 78.6 cm³/mol. The van der Waals surface area contributed by atoms with Crippen molar-refractivity contribution in [3.05, 3.63) is 55.4 Å². The average Bonchev–Trinajstić information content (AvgIpc) is 2.73. The van der Waals surface area contributed by atoms with E-state index in [0.29, 0.717) is 6.54 Å². The Bertz CT molecular complexity index is 627. The third kappa shape index (κ3) is 2.92. The van der Waals surface area contributed by atoms with Gasteiger partial charge in [-0.25, -0.2) is 13.2 Å². The second kappa shape index (κ2) is 6.28. The molecule has 1 aromatic carbocycles. The molecule has 1 atom stereocenters. The summed E-state index contributed by atoms with van der Waals surface area (Å²) in [6.45, 7) is 4.38. The fourth-order valence-corrected chi connectivity index (χ4v) is 3.98. The summed E-state index contributed by atoms with van der Waals surface area (Å²) < 4.78 is 41.3. The molecule has 0 spiro atoms. The van der Waals surface area contributed by atoms with Gasteiger partial charge < -0.3 is 5.32 Å². The van der Waals surface area contributed by atoms with E-state index in [4.69, 9.17) is 0 Å². The summed E-state index contributed by atoms with van der Waals surface area (Å²) in [5.74, 6) is -3.76. The van der Waals surface area contributed by atoms with Crippen molar-refractivity contribution in [1.82, 2.24) is 5.32 Å². The van der Waals surface area contributed by atoms with Gasteiger partial charge in [0.2, 0.25) is 0 Å². The fraction of sp³-hybridized carbons (Fsp3) is 0.286. The maximum absolute atomic E-state index is 14.0. The number of aryl methyl sites for hydroxylation is 1. The average molecular weight is 364 g/mol. The Labute approximate surface area is 128 Å². The summed E-state index contributed by atoms with van der Waals surface area (Å²) in [5.41, 5.74) is 0.105. The molecule has 1 N–H and O–H groups in total. The number of nitrogens with one attached hydrogen (secondary N) is 1. The van der Waals surface area contributed by atoms with Gasteiger partial charge in [0, 0.05) is 19.8 Å². The molecule has 0 amide bonds. The third-order valence-electron chi connectivity index (χ3n) is 2.88. The van der Waals surface area contributed by atoms with Crippen LogP contribution in [0.1, 0.15) is 28.3 Å². The van der Waals surface area contributed by atoms with Gasteiger partial charge >= 0.3 is 0 Å². The van der Waals surface area contributed by atoms with Gasteiger partial charge in [-0.05, 0) is 41.5 Å². The standard InChI is InChI=1S/C14H13BrF3NS/c1-3-19-13(14-9(15)6-7(2)20-14)8-4-5-10(16)12(18)11(8)17/h4-6,13,19H,3H2,1-2H3. The van der Waals surface area contributed by atoms with Crippen LogP contribution in [0.4, 0.5) is 13.2 Å². The Morgan fingerprint density at radius 3 is 2.50 bits per heavy atom. The van der Waals surface area contributed by atoms with Crippen LogP contribution in [0.25, 0.3) is 0 Å². The Hall–Kier alpha value is -0.850. The molecule has 0 aliphatic rings. The van der Waals surface area contributed by atoms with Crippen molar-refractivity contribution in [1.29, 1.82) is 0 Å². The normalized spacial score (nSPS) is 12.7. The minimum atomic E-state index is -1.44. The van der Waals surface area contributed by atoms with Crippen LogP contribution >= 0.6 is 27.3 Å². The number of rotatable bonds is 4. The van der Waals surface area contributed by atoms with Crippen molar-refractivity contribution in [3.63, 3.8) is 0 Å². The van der Waals surface area contributed by atoms with Crippen LogP contribution in [0.5, 0.6) is 0 Å². The largest absolute Gasteiger partial charge is 0.306 e. The van der Waals surface area contributed by atoms with Crippen molar-refractivity contribution >= 4 is 27.3 Å². The zero-order chi connectivity index (χ0) is 14.9. The molecule has 1 aromatic heterocycles. The van der Waals surface area contributed by atoms with Gasteiger partial charge in [0.1, 0.15) is 0 Å². The van der Waals surface area contributed by atoms with Gasteiger partial charge in [-0.2, -0.15) is 0 Å². The number of hydrogen-bond donors (Lipinski definition) is 1. The summed E-state index contributed by atoms with van der Waals surface area (Å²) in [6, 6.07) is 3.64. The van der Waals surface area contributed by atoms with Gasteiger partial charge in [-0.1, -0.05) is 13.0 Å². The number of hydrogen-bond acceptors (Lipinski definition) is 2. The molecule has 0 saturated carbocycles. The smallest absolute Gasteiger partial charge is 0.194 e. The van der Waals surface area contributed by atoms with E-state index in [0.717, 1.165) is 20.3 Å². The van der Waals surface area contributed by atoms with Crippen molar-refractivity contribution in [2.75, 3.05) is 6.54 Å². The quantitative estimate of drug-likeness (QED) is 0.759. The first-order valence-electron chi connectivity index (χ1n) is 6.08. The number of halogens is 4. The van der Waals surface area contributed by atoms with Crippen LogP contribution < -0.4 is 5.32 Å². The summed E-state index contributed by atoms with van der Waals surface area (Å²) in [4.78, 5) is 1.90. The SMILES string of the molecule is CCNC(c1ccc(F)c(F)c1F)c1sc(C)cc1Br. The summed E-state index contributed by atoms with van der Waals surface area (Å²) in [5, 5.41) is 3.11. The first-order chi connectivity index (χ1) is 9.45. The molecule has 1 heterocycles. The monoisotopic (exact) mass is 363 g/mol. The van der Waals surface area contributed by atoms with Crippen LogP contribution in [0, 0.1) is 24.4 Å². The maximum Gasteiger partial charge on any atom is 0.194 e. The third-order valence-corrected chi connectivity index (χ3v) is 4.92. The lowest BCUT2D eigenvalue weighted by atomic mass is 10.0. The molecule has 0 radical (unpaired) electrons. The molecule has 0 fully saturated rings. The van der Waals surface area contributed by atoms with Gasteiger partial charge in [-0.3, -0.25) is 0 Å². The van der Waals surface area contributed by atoms with E-state index in [1.165, 1.54) is 17.4 Å². The molecule has 2 rings (SSSR count). The predicted octanol–water partition coefficient (Wildman–Crippen LogP) is 4.94. The fourth-order valence-electron chi connectivity index (χ4n) is 2.01. The number of benzene rings is 1. The Morgan fingerprint density at radius 2 is 1.95 bits per heavy atom. The van der Waals surface area contributed by atoms with Crippen LogP contribution in [0.2, 0.25) is 0 Å². The second-order valence-corrected chi connectivity index (χ2v) is 6.47. The molecule has 6 heteroatoms. The van der Waals surface area contributed by atoms with Crippen LogP contribution in [0.15, 0.2) is 22.7 Å². The Morgan fingerprint density at radius 1 is 1.25 bits per heavy atom. The van der Waals surface area contributed by atoms with Crippen molar-refractivity contribution in [3.8, 4) is 0 Å². The maximum atomic E-state index is 14.0. The van der Waals surface area contributed by atoms with E-state index in [1.807, 2.05) is 19.9 Å². The lowest BCUT2D eigenvalue weighted by Crippen LogP contribution is -2.23. The second-order valence-electron chi connectivity index (χ2n) is 4.32. The molecule has 0 aliphatic carbocycles. The number of thiophene rings is 1. The van der Waals surface area contributed by atoms with Gasteiger partial charge in [-0.15, -0.1) is 11.3 Å². The molecule has 20 heavy (non-hydrogen) atoms. The minimum Gasteiger partial charge on any atom is -0.306 e. The minimum absolute atomic E-state index is 0.105. The van der Waals surface area contributed by atoms with Crippen LogP contribution in [0.3, 0.4) is 0 Å². The summed E-state index contributed by atoms with van der Waals surface area (Å²) in [6.07, 6.45) is 0. The van der Waals surface area contributed by atoms with Crippen LogP contribution in [-0.2, 0) is 0 Å². The van der Waals surface area contributed by atoms with Crippen molar-refractivity contribution in [2.24, 2.45) is 0 Å². The molecule has 108 valence electrons. The van der Waals surface area contributed by atoms with E-state index in [1.54, 1.807) is 0 Å². The molecule has 1 unspecified atom stereocenters. The van der Waals surface area contributed by atoms with Crippen molar-refractivity contribution < 1.29 is 13.2 Å². The highest BCUT2D eigenvalue weighted by Crippen LogP contribution is 2.37. The van der Waals surface area contributed by atoms with E-state index in [-0.39, 0.29) is 5.56 Å². The van der Waals surface area contributed by atoms with Crippen molar-refractivity contribution in [2.45, 2.75) is 19.9 Å². The molecule has 1 nitrogen and oxygen atoms in total. The molecule has 2 aromatic rings. The molecular formula is C14H13BrF3NS. The lowest BCUT2D eigenvalue weighted by Gasteiger charge is -2.18. The van der Waals surface area contributed by atoms with E-state index < -0.39 is 23.5 Å². The molecule has 0 bridgehead atoms. The Balaban J connectivity index is 2.54. The van der Waals surface area contributed by atoms with Crippen LogP contribution in [-0.4, -0.2) is 6.54 Å². The molecular weight excluding hydrogens is 351 g/mol. The first kappa shape index (κ1) is 15.5. The molecule has 0 aliphatic heterocycles. The van der Waals surface area contributed by atoms with E-state index >= 15 is 0 Å². The van der Waals surface area contributed by atoms with Gasteiger partial charge in [0.05, 0.1) is 6.04 Å². The van der Waals surface area contributed by atoms with Gasteiger partial charge in [0.25, 0.3) is 0 Å². The van der Waals surface area contributed by atoms with E-state index in [9.17, 15) is 13.2 Å². The van der Waals surface area contributed by atoms with E-state index in [2.05, 4.69) is 21.2 Å². The highest BCUT2D eigenvalue weighted by Gasteiger charge is 2.24. The zero-order valence-corrected chi connectivity index (χ0v) is 13.3. The first-order valence-corrected chi connectivity index (χ1v) is 7.69. The zero-order valence-electron chi connectivity index (χ0n) is 10.9. The summed E-state index contributed by atoms with van der Waals surface area (Å²) >= 11 is 4.91.